The van der Waals surface area contributed by atoms with Crippen molar-refractivity contribution in [3.63, 3.8) is 0 Å². The summed E-state index contributed by atoms with van der Waals surface area (Å²) in [6.45, 7) is 7.27. The molecule has 1 rings (SSSR count). The van der Waals surface area contributed by atoms with E-state index in [1.165, 1.54) is 6.42 Å². The predicted octanol–water partition coefficient (Wildman–Crippen LogP) is 1.85. The Morgan fingerprint density at radius 1 is 1.47 bits per heavy atom. The van der Waals surface area contributed by atoms with Crippen molar-refractivity contribution < 1.29 is 0 Å². The molecule has 4 heteroatoms. The summed E-state index contributed by atoms with van der Waals surface area (Å²) in [6, 6.07) is 1.81. The van der Waals surface area contributed by atoms with Gasteiger partial charge in [-0.05, 0) is 12.8 Å². The molecular weight excluding hydrogens is 188 g/mol. The van der Waals surface area contributed by atoms with Crippen molar-refractivity contribution in [2.75, 3.05) is 24.2 Å². The molecule has 1 aromatic rings. The Balaban J connectivity index is 2.77. The molecule has 0 aliphatic carbocycles. The Kier molecular flexibility index (Phi) is 3.88. The third kappa shape index (κ3) is 3.38. The lowest BCUT2D eigenvalue weighted by Gasteiger charge is -2.22. The van der Waals surface area contributed by atoms with E-state index in [4.69, 9.17) is 5.73 Å². The Morgan fingerprint density at radius 3 is 2.67 bits per heavy atom. The van der Waals surface area contributed by atoms with Crippen molar-refractivity contribution in [1.82, 2.24) is 9.97 Å². The molecule has 1 heterocycles. The number of anilines is 2. The van der Waals surface area contributed by atoms with Crippen LogP contribution in [-0.4, -0.2) is 23.6 Å². The summed E-state index contributed by atoms with van der Waals surface area (Å²) in [6.07, 6.45) is 1.17. The van der Waals surface area contributed by atoms with E-state index in [1.807, 2.05) is 20.0 Å². The Labute approximate surface area is 91.5 Å². The highest BCUT2D eigenvalue weighted by molar-refractivity contribution is 5.46. The minimum Gasteiger partial charge on any atom is -0.384 e. The van der Waals surface area contributed by atoms with Gasteiger partial charge in [0.25, 0.3) is 0 Å². The zero-order valence-corrected chi connectivity index (χ0v) is 9.99. The molecule has 1 atom stereocenters. The molecule has 0 saturated heterocycles. The first-order chi connectivity index (χ1) is 7.02. The average molecular weight is 208 g/mol. The molecule has 0 saturated carbocycles. The second-order valence-electron chi connectivity index (χ2n) is 4.09. The van der Waals surface area contributed by atoms with Crippen LogP contribution >= 0.6 is 0 Å². The second kappa shape index (κ2) is 4.96. The standard InChI is InChI=1S/C11H20N4/c1-5-8(2)7-15(4)11-6-10(12)13-9(3)14-11/h6,8H,5,7H2,1-4H3,(H2,12,13,14). The lowest BCUT2D eigenvalue weighted by molar-refractivity contribution is 0.557. The van der Waals surface area contributed by atoms with Crippen LogP contribution in [0.1, 0.15) is 26.1 Å². The van der Waals surface area contributed by atoms with Gasteiger partial charge in [0.2, 0.25) is 0 Å². The molecule has 1 unspecified atom stereocenters. The number of hydrogen-bond donors (Lipinski definition) is 1. The molecule has 1 aromatic heterocycles. The summed E-state index contributed by atoms with van der Waals surface area (Å²) in [5, 5.41) is 0. The van der Waals surface area contributed by atoms with Gasteiger partial charge < -0.3 is 10.6 Å². The molecular formula is C11H20N4. The highest BCUT2D eigenvalue weighted by Crippen LogP contribution is 2.14. The number of nitrogen functional groups attached to an aromatic ring is 1. The quantitative estimate of drug-likeness (QED) is 0.820. The van der Waals surface area contributed by atoms with Crippen LogP contribution < -0.4 is 10.6 Å². The zero-order chi connectivity index (χ0) is 11.4. The van der Waals surface area contributed by atoms with Gasteiger partial charge in [0, 0.05) is 19.7 Å². The van der Waals surface area contributed by atoms with Crippen molar-refractivity contribution in [2.45, 2.75) is 27.2 Å². The molecule has 0 aliphatic rings. The maximum Gasteiger partial charge on any atom is 0.134 e. The molecule has 0 amide bonds. The number of nitrogens with zero attached hydrogens (tertiary/aromatic N) is 3. The monoisotopic (exact) mass is 208 g/mol. The minimum absolute atomic E-state index is 0.536. The van der Waals surface area contributed by atoms with Gasteiger partial charge in [0.05, 0.1) is 0 Å². The van der Waals surface area contributed by atoms with Crippen molar-refractivity contribution in [2.24, 2.45) is 5.92 Å². The van der Waals surface area contributed by atoms with Crippen LogP contribution in [0, 0.1) is 12.8 Å². The van der Waals surface area contributed by atoms with Crippen molar-refractivity contribution in [3.8, 4) is 0 Å². The Hall–Kier alpha value is -1.32. The molecule has 0 fully saturated rings. The molecule has 84 valence electrons. The van der Waals surface area contributed by atoms with Gasteiger partial charge in [-0.3, -0.25) is 0 Å². The molecule has 0 radical (unpaired) electrons. The third-order valence-corrected chi connectivity index (χ3v) is 2.52. The highest BCUT2D eigenvalue weighted by atomic mass is 15.2. The number of nitrogens with two attached hydrogens (primary N) is 1. The number of aromatic nitrogens is 2. The largest absolute Gasteiger partial charge is 0.384 e. The van der Waals surface area contributed by atoms with Crippen LogP contribution in [0.2, 0.25) is 0 Å². The highest BCUT2D eigenvalue weighted by Gasteiger charge is 2.08. The minimum atomic E-state index is 0.536. The SMILES string of the molecule is CCC(C)CN(C)c1cc(N)nc(C)n1. The molecule has 4 nitrogen and oxygen atoms in total. The predicted molar refractivity (Wildman–Crippen MR) is 63.9 cm³/mol. The van der Waals surface area contributed by atoms with E-state index >= 15 is 0 Å². The van der Waals surface area contributed by atoms with Crippen LogP contribution in [0.5, 0.6) is 0 Å². The first kappa shape index (κ1) is 11.8. The van der Waals surface area contributed by atoms with Gasteiger partial charge in [-0.2, -0.15) is 0 Å². The average Bonchev–Trinajstić information content (AvgIpc) is 2.16. The number of rotatable bonds is 4. The summed E-state index contributed by atoms with van der Waals surface area (Å²) >= 11 is 0. The smallest absolute Gasteiger partial charge is 0.134 e. The van der Waals surface area contributed by atoms with Crippen LogP contribution in [-0.2, 0) is 0 Å². The van der Waals surface area contributed by atoms with E-state index in [1.54, 1.807) is 0 Å². The van der Waals surface area contributed by atoms with E-state index < -0.39 is 0 Å². The van der Waals surface area contributed by atoms with Crippen LogP contribution in [0.4, 0.5) is 11.6 Å². The fourth-order valence-electron chi connectivity index (χ4n) is 1.46. The molecule has 0 bridgehead atoms. The van der Waals surface area contributed by atoms with Gasteiger partial charge in [-0.25, -0.2) is 9.97 Å². The van der Waals surface area contributed by atoms with Gasteiger partial charge in [0.15, 0.2) is 0 Å². The molecule has 0 spiro atoms. The topological polar surface area (TPSA) is 55.0 Å². The lowest BCUT2D eigenvalue weighted by atomic mass is 10.1. The maximum absolute atomic E-state index is 5.68. The van der Waals surface area contributed by atoms with Crippen molar-refractivity contribution in [3.05, 3.63) is 11.9 Å². The summed E-state index contributed by atoms with van der Waals surface area (Å²) in [4.78, 5) is 10.5. The Bertz CT molecular complexity index is 304. The van der Waals surface area contributed by atoms with Gasteiger partial charge >= 0.3 is 0 Å². The van der Waals surface area contributed by atoms with E-state index in [9.17, 15) is 0 Å². The molecule has 0 aliphatic heterocycles. The fourth-order valence-corrected chi connectivity index (χ4v) is 1.46. The summed E-state index contributed by atoms with van der Waals surface area (Å²) in [5.74, 6) is 2.82. The molecule has 0 aromatic carbocycles. The molecule has 15 heavy (non-hydrogen) atoms. The zero-order valence-electron chi connectivity index (χ0n) is 9.99. The van der Waals surface area contributed by atoms with Gasteiger partial charge in [-0.1, -0.05) is 20.3 Å². The number of aryl methyl sites for hydroxylation is 1. The normalized spacial score (nSPS) is 12.5. The van der Waals surface area contributed by atoms with Crippen LogP contribution in [0.25, 0.3) is 0 Å². The summed E-state index contributed by atoms with van der Waals surface area (Å²) < 4.78 is 0. The summed E-state index contributed by atoms with van der Waals surface area (Å²) in [7, 11) is 2.04. The van der Waals surface area contributed by atoms with Gasteiger partial charge in [0.1, 0.15) is 17.5 Å². The van der Waals surface area contributed by atoms with E-state index in [2.05, 4.69) is 28.7 Å². The second-order valence-corrected chi connectivity index (χ2v) is 4.09. The first-order valence-electron chi connectivity index (χ1n) is 5.35. The van der Waals surface area contributed by atoms with E-state index in [0.717, 1.165) is 18.2 Å². The summed E-state index contributed by atoms with van der Waals surface area (Å²) in [5.41, 5.74) is 5.68. The fraction of sp³-hybridized carbons (Fsp3) is 0.636. The van der Waals surface area contributed by atoms with E-state index in [-0.39, 0.29) is 0 Å². The Morgan fingerprint density at radius 2 is 2.13 bits per heavy atom. The van der Waals surface area contributed by atoms with Crippen LogP contribution in [0.15, 0.2) is 6.07 Å². The van der Waals surface area contributed by atoms with Gasteiger partial charge in [-0.15, -0.1) is 0 Å². The molecule has 2 N–H and O–H groups in total. The van der Waals surface area contributed by atoms with E-state index in [0.29, 0.717) is 11.7 Å². The number of hydrogen-bond acceptors (Lipinski definition) is 4. The third-order valence-electron chi connectivity index (χ3n) is 2.52. The lowest BCUT2D eigenvalue weighted by Crippen LogP contribution is -2.25. The maximum atomic E-state index is 5.68. The first-order valence-corrected chi connectivity index (χ1v) is 5.35. The van der Waals surface area contributed by atoms with Crippen molar-refractivity contribution >= 4 is 11.6 Å². The van der Waals surface area contributed by atoms with Crippen molar-refractivity contribution in [1.29, 1.82) is 0 Å². The van der Waals surface area contributed by atoms with Crippen LogP contribution in [0.3, 0.4) is 0 Å².